The molecule has 1 aromatic rings. The second-order valence-electron chi connectivity index (χ2n) is 6.40. The van der Waals surface area contributed by atoms with E-state index in [9.17, 15) is 9.59 Å². The number of carbonyl (C=O) groups excluding carboxylic acids is 2. The Hall–Kier alpha value is -1.84. The van der Waals surface area contributed by atoms with Crippen LogP contribution in [-0.4, -0.2) is 24.9 Å². The first-order valence-electron chi connectivity index (χ1n) is 8.81. The van der Waals surface area contributed by atoms with E-state index < -0.39 is 0 Å². The smallest absolute Gasteiger partial charge is 0.224 e. The minimum Gasteiger partial charge on any atom is -0.354 e. The fraction of sp³-hybridized carbons (Fsp3) is 0.579. The molecule has 1 saturated carbocycles. The fourth-order valence-electron chi connectivity index (χ4n) is 3.15. The monoisotopic (exact) mass is 316 g/mol. The second kappa shape index (κ2) is 10.0. The van der Waals surface area contributed by atoms with Crippen LogP contribution in [0.3, 0.4) is 0 Å². The number of rotatable bonds is 8. The first-order chi connectivity index (χ1) is 11.2. The molecule has 0 atom stereocenters. The van der Waals surface area contributed by atoms with Gasteiger partial charge in [0, 0.05) is 19.5 Å². The Morgan fingerprint density at radius 1 is 0.913 bits per heavy atom. The van der Waals surface area contributed by atoms with E-state index in [0.29, 0.717) is 25.9 Å². The zero-order chi connectivity index (χ0) is 16.3. The van der Waals surface area contributed by atoms with Gasteiger partial charge in [-0.15, -0.1) is 0 Å². The molecule has 0 radical (unpaired) electrons. The molecule has 1 fully saturated rings. The molecule has 2 amide bonds. The lowest BCUT2D eigenvalue weighted by molar-refractivity contribution is -0.122. The Bertz CT molecular complexity index is 481. The summed E-state index contributed by atoms with van der Waals surface area (Å²) in [4.78, 5) is 23.6. The van der Waals surface area contributed by atoms with Gasteiger partial charge in [-0.1, -0.05) is 62.4 Å². The summed E-state index contributed by atoms with van der Waals surface area (Å²) in [5.74, 6) is 0.834. The van der Waals surface area contributed by atoms with Gasteiger partial charge in [-0.05, 0) is 17.9 Å². The Morgan fingerprint density at radius 3 is 2.26 bits per heavy atom. The predicted molar refractivity (Wildman–Crippen MR) is 92.0 cm³/mol. The summed E-state index contributed by atoms with van der Waals surface area (Å²) in [6.45, 7) is 0.991. The van der Waals surface area contributed by atoms with E-state index in [0.717, 1.165) is 17.9 Å². The molecule has 0 heterocycles. The molecule has 1 aliphatic rings. The molecule has 0 spiro atoms. The average Bonchev–Trinajstić information content (AvgIpc) is 2.59. The maximum atomic E-state index is 11.8. The molecule has 0 aromatic heterocycles. The molecule has 2 N–H and O–H groups in total. The van der Waals surface area contributed by atoms with E-state index in [4.69, 9.17) is 0 Å². The van der Waals surface area contributed by atoms with Crippen molar-refractivity contribution in [3.05, 3.63) is 35.9 Å². The lowest BCUT2D eigenvalue weighted by atomic mass is 9.86. The Kier molecular flexibility index (Phi) is 7.64. The standard InChI is InChI=1S/C19H28N2O2/c22-18(12-11-16-7-3-1-4-8-16)20-13-14-21-19(23)15-17-9-5-2-6-10-17/h2,5-6,9-10,16H,1,3-4,7-8,11-15H2,(H,20,22)(H,21,23). The molecule has 1 aromatic carbocycles. The van der Waals surface area contributed by atoms with Crippen molar-refractivity contribution in [2.75, 3.05) is 13.1 Å². The summed E-state index contributed by atoms with van der Waals surface area (Å²) >= 11 is 0. The third-order valence-electron chi connectivity index (χ3n) is 4.48. The number of nitrogens with one attached hydrogen (secondary N) is 2. The molecular weight excluding hydrogens is 288 g/mol. The van der Waals surface area contributed by atoms with Gasteiger partial charge in [0.2, 0.25) is 11.8 Å². The molecule has 4 nitrogen and oxygen atoms in total. The van der Waals surface area contributed by atoms with Crippen molar-refractivity contribution in [1.29, 1.82) is 0 Å². The highest BCUT2D eigenvalue weighted by molar-refractivity contribution is 5.78. The summed E-state index contributed by atoms with van der Waals surface area (Å²) in [6.07, 6.45) is 8.56. The van der Waals surface area contributed by atoms with E-state index in [1.807, 2.05) is 30.3 Å². The van der Waals surface area contributed by atoms with Crippen LogP contribution in [0.5, 0.6) is 0 Å². The van der Waals surface area contributed by atoms with Gasteiger partial charge in [-0.2, -0.15) is 0 Å². The third kappa shape index (κ3) is 7.31. The van der Waals surface area contributed by atoms with Crippen LogP contribution in [0.15, 0.2) is 30.3 Å². The summed E-state index contributed by atoms with van der Waals surface area (Å²) in [6, 6.07) is 9.66. The number of carbonyl (C=O) groups is 2. The van der Waals surface area contributed by atoms with Gasteiger partial charge in [0.25, 0.3) is 0 Å². The van der Waals surface area contributed by atoms with Gasteiger partial charge in [0.15, 0.2) is 0 Å². The largest absolute Gasteiger partial charge is 0.354 e. The van der Waals surface area contributed by atoms with Gasteiger partial charge in [-0.3, -0.25) is 9.59 Å². The van der Waals surface area contributed by atoms with Crippen molar-refractivity contribution < 1.29 is 9.59 Å². The quantitative estimate of drug-likeness (QED) is 0.725. The Balaban J connectivity index is 1.50. The minimum absolute atomic E-state index is 0.00680. The van der Waals surface area contributed by atoms with Crippen molar-refractivity contribution in [2.45, 2.75) is 51.4 Å². The van der Waals surface area contributed by atoms with Gasteiger partial charge in [-0.25, -0.2) is 0 Å². The van der Waals surface area contributed by atoms with Gasteiger partial charge in [0.1, 0.15) is 0 Å². The SMILES string of the molecule is O=C(CCC1CCCCC1)NCCNC(=O)Cc1ccccc1. The van der Waals surface area contributed by atoms with Crippen LogP contribution < -0.4 is 10.6 Å². The summed E-state index contributed by atoms with van der Waals surface area (Å²) in [5, 5.41) is 5.73. The van der Waals surface area contributed by atoms with E-state index in [-0.39, 0.29) is 11.8 Å². The number of amides is 2. The average molecular weight is 316 g/mol. The van der Waals surface area contributed by atoms with Gasteiger partial charge >= 0.3 is 0 Å². The fourth-order valence-corrected chi connectivity index (χ4v) is 3.15. The molecule has 1 aliphatic carbocycles. The lowest BCUT2D eigenvalue weighted by Gasteiger charge is -2.20. The zero-order valence-electron chi connectivity index (χ0n) is 13.9. The van der Waals surface area contributed by atoms with Crippen LogP contribution in [0.2, 0.25) is 0 Å². The lowest BCUT2D eigenvalue weighted by Crippen LogP contribution is -2.35. The molecule has 23 heavy (non-hydrogen) atoms. The molecule has 126 valence electrons. The summed E-state index contributed by atoms with van der Waals surface area (Å²) in [7, 11) is 0. The van der Waals surface area contributed by atoms with Crippen LogP contribution >= 0.6 is 0 Å². The number of benzene rings is 1. The van der Waals surface area contributed by atoms with Crippen LogP contribution in [0, 0.1) is 5.92 Å². The molecule has 0 saturated heterocycles. The molecule has 0 bridgehead atoms. The maximum absolute atomic E-state index is 11.8. The first-order valence-corrected chi connectivity index (χ1v) is 8.81. The Morgan fingerprint density at radius 2 is 1.57 bits per heavy atom. The van der Waals surface area contributed by atoms with Crippen molar-refractivity contribution in [1.82, 2.24) is 10.6 Å². The normalized spacial score (nSPS) is 15.1. The van der Waals surface area contributed by atoms with Crippen molar-refractivity contribution >= 4 is 11.8 Å². The van der Waals surface area contributed by atoms with Crippen molar-refractivity contribution in [2.24, 2.45) is 5.92 Å². The summed E-state index contributed by atoms with van der Waals surface area (Å²) < 4.78 is 0. The zero-order valence-corrected chi connectivity index (χ0v) is 13.9. The van der Waals surface area contributed by atoms with E-state index in [1.54, 1.807) is 0 Å². The van der Waals surface area contributed by atoms with Crippen LogP contribution in [0.4, 0.5) is 0 Å². The maximum Gasteiger partial charge on any atom is 0.224 e. The molecule has 0 unspecified atom stereocenters. The van der Waals surface area contributed by atoms with Crippen molar-refractivity contribution in [3.8, 4) is 0 Å². The molecular formula is C19H28N2O2. The predicted octanol–water partition coefficient (Wildman–Crippen LogP) is 2.82. The highest BCUT2D eigenvalue weighted by Crippen LogP contribution is 2.27. The van der Waals surface area contributed by atoms with Gasteiger partial charge < -0.3 is 10.6 Å². The molecule has 0 aliphatic heterocycles. The van der Waals surface area contributed by atoms with Crippen LogP contribution in [0.1, 0.15) is 50.5 Å². The van der Waals surface area contributed by atoms with Gasteiger partial charge in [0.05, 0.1) is 6.42 Å². The third-order valence-corrected chi connectivity index (χ3v) is 4.48. The minimum atomic E-state index is -0.00680. The summed E-state index contributed by atoms with van der Waals surface area (Å²) in [5.41, 5.74) is 1.00. The Labute approximate surface area is 139 Å². The van der Waals surface area contributed by atoms with Crippen LogP contribution in [-0.2, 0) is 16.0 Å². The van der Waals surface area contributed by atoms with Crippen molar-refractivity contribution in [3.63, 3.8) is 0 Å². The highest BCUT2D eigenvalue weighted by atomic mass is 16.2. The topological polar surface area (TPSA) is 58.2 Å². The van der Waals surface area contributed by atoms with E-state index in [1.165, 1.54) is 32.1 Å². The number of hydrogen-bond acceptors (Lipinski definition) is 2. The molecule has 2 rings (SSSR count). The van der Waals surface area contributed by atoms with E-state index >= 15 is 0 Å². The second-order valence-corrected chi connectivity index (χ2v) is 6.40. The van der Waals surface area contributed by atoms with Crippen LogP contribution in [0.25, 0.3) is 0 Å². The highest BCUT2D eigenvalue weighted by Gasteiger charge is 2.14. The number of hydrogen-bond donors (Lipinski definition) is 2. The molecule has 4 heteroatoms. The first kappa shape index (κ1) is 17.5. The van der Waals surface area contributed by atoms with E-state index in [2.05, 4.69) is 10.6 Å².